The fourth-order valence-corrected chi connectivity index (χ4v) is 9.78. The van der Waals surface area contributed by atoms with Crippen LogP contribution in [0.15, 0.2) is 0 Å². The second kappa shape index (κ2) is 8.06. The van der Waals surface area contributed by atoms with Crippen LogP contribution < -0.4 is 0 Å². The summed E-state index contributed by atoms with van der Waals surface area (Å²) in [4.78, 5) is 1.83. The number of hydrogen-bond acceptors (Lipinski definition) is 4. The molecule has 9 atom stereocenters. The summed E-state index contributed by atoms with van der Waals surface area (Å²) in [5, 5.41) is 24.0. The molecule has 32 heavy (non-hydrogen) atoms. The monoisotopic (exact) mass is 442 g/mol. The zero-order chi connectivity index (χ0) is 22.7. The van der Waals surface area contributed by atoms with E-state index in [1.165, 1.54) is 44.9 Å². The number of tetrazole rings is 1. The van der Waals surface area contributed by atoms with Crippen LogP contribution in [-0.4, -0.2) is 30.9 Å². The fourth-order valence-electron chi connectivity index (χ4n) is 9.78. The van der Waals surface area contributed by atoms with Crippen LogP contribution in [-0.2, 0) is 6.54 Å². The molecule has 0 aromatic carbocycles. The van der Waals surface area contributed by atoms with Crippen molar-refractivity contribution in [3.63, 3.8) is 0 Å². The molecule has 0 spiro atoms. The van der Waals surface area contributed by atoms with Crippen LogP contribution >= 0.6 is 0 Å². The maximum absolute atomic E-state index is 11.2. The Hall–Kier alpha value is -0.970. The largest absolute Gasteiger partial charge is 0.390 e. The lowest BCUT2D eigenvalue weighted by Crippen LogP contribution is -2.56. The minimum atomic E-state index is -0.378. The lowest BCUT2D eigenvalue weighted by Gasteiger charge is -2.62. The Labute approximate surface area is 195 Å². The second-order valence-corrected chi connectivity index (χ2v) is 12.9. The first-order valence-corrected chi connectivity index (χ1v) is 13.7. The summed E-state index contributed by atoms with van der Waals surface area (Å²) in [6, 6.07) is 0. The van der Waals surface area contributed by atoms with Gasteiger partial charge in [0.05, 0.1) is 12.1 Å². The molecular weight excluding hydrogens is 396 g/mol. The molecule has 5 rings (SSSR count). The molecule has 0 aliphatic heterocycles. The van der Waals surface area contributed by atoms with Gasteiger partial charge in [-0.3, -0.25) is 0 Å². The van der Waals surface area contributed by atoms with E-state index < -0.39 is 0 Å². The third kappa shape index (κ3) is 3.56. The first-order chi connectivity index (χ1) is 15.2. The summed E-state index contributed by atoms with van der Waals surface area (Å²) in [5.41, 5.74) is 0.545. The molecular formula is C27H46N4O. The topological polar surface area (TPSA) is 63.8 Å². The van der Waals surface area contributed by atoms with Crippen molar-refractivity contribution in [3.05, 3.63) is 5.82 Å². The molecule has 4 aliphatic rings. The SMILES string of the molecule is CCC[C@@]1(O)CC[C@@]2(C)[C@H](CC[C@@H]3[C@@H]2CC[C@]2(C)[C@@H]([C@H](C)Cn4nnc(C)n4)CC[C@@H]32)C1. The normalized spacial score (nSPS) is 46.9. The van der Waals surface area contributed by atoms with Crippen molar-refractivity contribution in [1.29, 1.82) is 0 Å². The average molecular weight is 443 g/mol. The predicted octanol–water partition coefficient (Wildman–Crippen LogP) is 5.81. The highest BCUT2D eigenvalue weighted by atomic mass is 16.3. The van der Waals surface area contributed by atoms with Crippen LogP contribution in [0.5, 0.6) is 0 Å². The molecule has 0 amide bonds. The van der Waals surface area contributed by atoms with E-state index in [2.05, 4.69) is 43.1 Å². The van der Waals surface area contributed by atoms with Crippen LogP contribution in [0.2, 0.25) is 0 Å². The van der Waals surface area contributed by atoms with E-state index in [4.69, 9.17) is 0 Å². The molecule has 4 aliphatic carbocycles. The van der Waals surface area contributed by atoms with Gasteiger partial charge in [-0.1, -0.05) is 34.1 Å². The van der Waals surface area contributed by atoms with Crippen LogP contribution in [0.3, 0.4) is 0 Å². The summed E-state index contributed by atoms with van der Waals surface area (Å²) in [6.07, 6.45) is 13.8. The van der Waals surface area contributed by atoms with Crippen LogP contribution in [0.25, 0.3) is 0 Å². The first-order valence-electron chi connectivity index (χ1n) is 13.7. The van der Waals surface area contributed by atoms with Gasteiger partial charge in [-0.15, -0.1) is 10.2 Å². The second-order valence-electron chi connectivity index (χ2n) is 12.9. The molecule has 1 aromatic rings. The van der Waals surface area contributed by atoms with E-state index in [9.17, 15) is 5.11 Å². The third-order valence-corrected chi connectivity index (χ3v) is 11.3. The lowest BCUT2D eigenvalue weighted by atomic mass is 9.43. The van der Waals surface area contributed by atoms with Crippen molar-refractivity contribution in [2.24, 2.45) is 46.3 Å². The predicted molar refractivity (Wildman–Crippen MR) is 127 cm³/mol. The molecule has 0 bridgehead atoms. The maximum atomic E-state index is 11.2. The van der Waals surface area contributed by atoms with Crippen molar-refractivity contribution >= 4 is 0 Å². The molecule has 1 N–H and O–H groups in total. The van der Waals surface area contributed by atoms with Crippen molar-refractivity contribution < 1.29 is 5.11 Å². The number of fused-ring (bicyclic) bond motifs is 5. The third-order valence-electron chi connectivity index (χ3n) is 11.3. The van der Waals surface area contributed by atoms with E-state index in [0.29, 0.717) is 16.7 Å². The standard InChI is InChI=1S/C27H46N4O/c1-6-12-27(32)15-14-25(4)20(16-27)7-8-21-23-10-9-22(26(23,5)13-11-24(21)25)18(2)17-31-29-19(3)28-30-31/h18,20-24,32H,6-17H2,1-5H3/t18-,20-,21+,22-,23+,24+,25+,26-,27-/m1/s1. The lowest BCUT2D eigenvalue weighted by molar-refractivity contribution is -0.154. The van der Waals surface area contributed by atoms with Gasteiger partial charge in [0, 0.05) is 0 Å². The van der Waals surface area contributed by atoms with E-state index in [-0.39, 0.29) is 5.60 Å². The van der Waals surface area contributed by atoms with Gasteiger partial charge >= 0.3 is 0 Å². The molecule has 180 valence electrons. The molecule has 1 heterocycles. The van der Waals surface area contributed by atoms with Gasteiger partial charge in [0.15, 0.2) is 5.82 Å². The Bertz CT molecular complexity index is 824. The number of hydrogen-bond donors (Lipinski definition) is 1. The summed E-state index contributed by atoms with van der Waals surface area (Å²) >= 11 is 0. The number of aryl methyl sites for hydroxylation is 1. The fraction of sp³-hybridized carbons (Fsp3) is 0.963. The Morgan fingerprint density at radius 2 is 1.81 bits per heavy atom. The summed E-state index contributed by atoms with van der Waals surface area (Å²) in [5.74, 6) is 5.53. The van der Waals surface area contributed by atoms with Gasteiger partial charge in [-0.2, -0.15) is 4.80 Å². The average Bonchev–Trinajstić information content (AvgIpc) is 3.31. The Kier molecular flexibility index (Phi) is 5.74. The van der Waals surface area contributed by atoms with Crippen LogP contribution in [0.1, 0.15) is 104 Å². The Morgan fingerprint density at radius 3 is 2.53 bits per heavy atom. The number of aliphatic hydroxyl groups is 1. The van der Waals surface area contributed by atoms with Gasteiger partial charge in [-0.25, -0.2) is 0 Å². The molecule has 4 fully saturated rings. The Balaban J connectivity index is 1.31. The van der Waals surface area contributed by atoms with E-state index in [0.717, 1.165) is 67.6 Å². The molecule has 1 aromatic heterocycles. The maximum Gasteiger partial charge on any atom is 0.171 e. The van der Waals surface area contributed by atoms with Gasteiger partial charge in [0.25, 0.3) is 0 Å². The van der Waals surface area contributed by atoms with Crippen molar-refractivity contribution in [1.82, 2.24) is 20.2 Å². The van der Waals surface area contributed by atoms with Crippen molar-refractivity contribution in [2.75, 3.05) is 0 Å². The Morgan fingerprint density at radius 1 is 1.03 bits per heavy atom. The zero-order valence-corrected chi connectivity index (χ0v) is 21.2. The van der Waals surface area contributed by atoms with Crippen molar-refractivity contribution in [3.8, 4) is 0 Å². The van der Waals surface area contributed by atoms with Gasteiger partial charge in [0.1, 0.15) is 0 Å². The van der Waals surface area contributed by atoms with Crippen molar-refractivity contribution in [2.45, 2.75) is 117 Å². The molecule has 5 nitrogen and oxygen atoms in total. The highest BCUT2D eigenvalue weighted by Crippen LogP contribution is 2.68. The number of aromatic nitrogens is 4. The molecule has 5 heteroatoms. The van der Waals surface area contributed by atoms with E-state index in [1.54, 1.807) is 0 Å². The molecule has 4 saturated carbocycles. The smallest absolute Gasteiger partial charge is 0.171 e. The summed E-state index contributed by atoms with van der Waals surface area (Å²) in [7, 11) is 0. The zero-order valence-electron chi connectivity index (χ0n) is 21.2. The van der Waals surface area contributed by atoms with Gasteiger partial charge in [-0.05, 0) is 123 Å². The van der Waals surface area contributed by atoms with Gasteiger partial charge < -0.3 is 5.11 Å². The molecule has 0 radical (unpaired) electrons. The molecule has 0 unspecified atom stereocenters. The summed E-state index contributed by atoms with van der Waals surface area (Å²) < 4.78 is 0. The number of nitrogens with zero attached hydrogens (tertiary/aromatic N) is 4. The van der Waals surface area contributed by atoms with E-state index in [1.807, 2.05) is 11.7 Å². The highest BCUT2D eigenvalue weighted by molar-refractivity contribution is 5.10. The molecule has 0 saturated heterocycles. The first kappa shape index (κ1) is 22.8. The minimum absolute atomic E-state index is 0.378. The van der Waals surface area contributed by atoms with Crippen LogP contribution in [0, 0.1) is 53.3 Å². The van der Waals surface area contributed by atoms with Gasteiger partial charge in [0.2, 0.25) is 0 Å². The quantitative estimate of drug-likeness (QED) is 0.625. The van der Waals surface area contributed by atoms with E-state index >= 15 is 0 Å². The number of rotatable bonds is 5. The highest BCUT2D eigenvalue weighted by Gasteiger charge is 2.61. The van der Waals surface area contributed by atoms with Crippen LogP contribution in [0.4, 0.5) is 0 Å². The minimum Gasteiger partial charge on any atom is -0.390 e. The summed E-state index contributed by atoms with van der Waals surface area (Å²) in [6.45, 7) is 12.7.